The Labute approximate surface area is 219 Å². The van der Waals surface area contributed by atoms with Crippen LogP contribution in [0, 0.1) is 0 Å². The lowest BCUT2D eigenvalue weighted by molar-refractivity contribution is -0.110. The first kappa shape index (κ1) is 26.2. The number of anilines is 1. The molecule has 200 valence electrons. The smallest absolute Gasteiger partial charge is 0.280 e. The molecule has 1 aliphatic carbocycles. The van der Waals surface area contributed by atoms with Crippen molar-refractivity contribution in [1.82, 2.24) is 9.88 Å². The SMILES string of the molecule is O=C(Nc1ncc(CN2CCS(=O)(=O)CC2)s1)/C(=N/O[C@@H]1CCOC1)c1ccc(S(=O)(=O)C2CC2)cc1. The van der Waals surface area contributed by atoms with Gasteiger partial charge >= 0.3 is 0 Å². The predicted molar refractivity (Wildman–Crippen MR) is 138 cm³/mol. The molecule has 3 heterocycles. The minimum atomic E-state index is -3.35. The largest absolute Gasteiger partial charge is 0.389 e. The number of benzene rings is 1. The Balaban J connectivity index is 1.29. The fraction of sp³-hybridized carbons (Fsp3) is 0.522. The van der Waals surface area contributed by atoms with Crippen LogP contribution in [0.5, 0.6) is 0 Å². The molecule has 2 saturated heterocycles. The summed E-state index contributed by atoms with van der Waals surface area (Å²) in [4.78, 5) is 26.2. The minimum absolute atomic E-state index is 0.000238. The van der Waals surface area contributed by atoms with Gasteiger partial charge in [-0.1, -0.05) is 17.3 Å². The lowest BCUT2D eigenvalue weighted by atomic mass is 10.1. The van der Waals surface area contributed by atoms with Gasteiger partial charge in [-0.2, -0.15) is 0 Å². The van der Waals surface area contributed by atoms with Crippen molar-refractivity contribution >= 4 is 47.8 Å². The number of nitrogens with zero attached hydrogens (tertiary/aromatic N) is 3. The van der Waals surface area contributed by atoms with E-state index in [0.29, 0.717) is 62.8 Å². The molecule has 11 nitrogen and oxygen atoms in total. The van der Waals surface area contributed by atoms with Crippen LogP contribution in [0.3, 0.4) is 0 Å². The molecule has 14 heteroatoms. The first-order valence-corrected chi connectivity index (χ1v) is 16.2. The first-order valence-electron chi connectivity index (χ1n) is 12.0. The summed E-state index contributed by atoms with van der Waals surface area (Å²) in [6.45, 7) is 2.41. The van der Waals surface area contributed by atoms with Gasteiger partial charge in [-0.3, -0.25) is 15.0 Å². The number of oxime groups is 1. The summed E-state index contributed by atoms with van der Waals surface area (Å²) in [7, 11) is -6.31. The van der Waals surface area contributed by atoms with Crippen LogP contribution in [0.4, 0.5) is 5.13 Å². The average Bonchev–Trinajstić information content (AvgIpc) is 3.45. The molecule has 37 heavy (non-hydrogen) atoms. The molecule has 1 amide bonds. The van der Waals surface area contributed by atoms with Gasteiger partial charge in [-0.15, -0.1) is 11.3 Å². The second-order valence-electron chi connectivity index (χ2n) is 9.31. The van der Waals surface area contributed by atoms with Gasteiger partial charge in [0.25, 0.3) is 5.91 Å². The Morgan fingerprint density at radius 1 is 1.19 bits per heavy atom. The van der Waals surface area contributed by atoms with Crippen LogP contribution >= 0.6 is 11.3 Å². The van der Waals surface area contributed by atoms with E-state index < -0.39 is 25.6 Å². The molecular formula is C23H28N4O7S3. The number of carbonyl (C=O) groups is 1. The van der Waals surface area contributed by atoms with Crippen molar-refractivity contribution in [2.24, 2.45) is 5.16 Å². The van der Waals surface area contributed by atoms with Gasteiger partial charge in [0.2, 0.25) is 0 Å². The van der Waals surface area contributed by atoms with Crippen molar-refractivity contribution in [3.63, 3.8) is 0 Å². The predicted octanol–water partition coefficient (Wildman–Crippen LogP) is 1.46. The normalized spacial score (nSPS) is 22.6. The second-order valence-corrected chi connectivity index (χ2v) is 15.0. The number of ether oxygens (including phenoxy) is 1. The number of sulfone groups is 2. The van der Waals surface area contributed by atoms with Crippen LogP contribution in [0.1, 0.15) is 29.7 Å². The maximum Gasteiger partial charge on any atom is 0.280 e. The molecule has 1 saturated carbocycles. The average molecular weight is 569 g/mol. The molecule has 2 aromatic rings. The highest BCUT2D eigenvalue weighted by Crippen LogP contribution is 2.33. The van der Waals surface area contributed by atoms with E-state index in [9.17, 15) is 21.6 Å². The van der Waals surface area contributed by atoms with Gasteiger partial charge in [0.05, 0.1) is 34.9 Å². The number of rotatable bonds is 9. The Bertz CT molecular complexity index is 1360. The Hall–Kier alpha value is -2.39. The van der Waals surface area contributed by atoms with Crippen molar-refractivity contribution < 1.29 is 31.2 Å². The molecule has 5 rings (SSSR count). The van der Waals surface area contributed by atoms with Crippen molar-refractivity contribution in [3.05, 3.63) is 40.9 Å². The highest BCUT2D eigenvalue weighted by Gasteiger charge is 2.37. The van der Waals surface area contributed by atoms with E-state index in [4.69, 9.17) is 9.57 Å². The number of hydrogen-bond acceptors (Lipinski definition) is 11. The molecule has 0 spiro atoms. The molecule has 1 atom stereocenters. The van der Waals surface area contributed by atoms with E-state index in [-0.39, 0.29) is 33.5 Å². The van der Waals surface area contributed by atoms with Crippen molar-refractivity contribution in [3.8, 4) is 0 Å². The highest BCUT2D eigenvalue weighted by atomic mass is 32.2. The van der Waals surface area contributed by atoms with Gasteiger partial charge in [-0.25, -0.2) is 21.8 Å². The topological polar surface area (TPSA) is 144 Å². The number of nitrogens with one attached hydrogen (secondary N) is 1. The zero-order chi connectivity index (χ0) is 26.0. The van der Waals surface area contributed by atoms with Crippen molar-refractivity contribution in [2.75, 3.05) is 43.1 Å². The monoisotopic (exact) mass is 568 g/mol. The maximum atomic E-state index is 13.2. The summed E-state index contributed by atoms with van der Waals surface area (Å²) in [6.07, 6.45) is 3.39. The molecule has 3 fully saturated rings. The molecule has 1 aromatic heterocycles. The van der Waals surface area contributed by atoms with Gasteiger partial charge in [0.1, 0.15) is 0 Å². The van der Waals surface area contributed by atoms with Gasteiger partial charge < -0.3 is 9.57 Å². The lowest BCUT2D eigenvalue weighted by Gasteiger charge is -2.25. The third-order valence-corrected chi connectivity index (χ3v) is 11.2. The molecule has 0 unspecified atom stereocenters. The lowest BCUT2D eigenvalue weighted by Crippen LogP contribution is -2.39. The summed E-state index contributed by atoms with van der Waals surface area (Å²) in [5, 5.41) is 6.91. The zero-order valence-electron chi connectivity index (χ0n) is 20.0. The number of aromatic nitrogens is 1. The first-order chi connectivity index (χ1) is 17.7. The maximum absolute atomic E-state index is 13.2. The van der Waals surface area contributed by atoms with E-state index in [1.165, 1.54) is 23.5 Å². The number of hydrogen-bond donors (Lipinski definition) is 1. The molecule has 0 bridgehead atoms. The van der Waals surface area contributed by atoms with Crippen molar-refractivity contribution in [1.29, 1.82) is 0 Å². The standard InChI is InChI=1S/C23H28N4O7S3/c28-22(25-23-24-13-18(35-23)14-27-8-11-36(29,30)12-9-27)21(26-34-17-7-10-33-15-17)16-1-3-19(4-2-16)37(31,32)20-5-6-20/h1-4,13,17,20H,5-12,14-15H2,(H,24,25,28)/b26-21+/t17-/m1/s1. The van der Waals surface area contributed by atoms with Crippen LogP contribution < -0.4 is 5.32 Å². The van der Waals surface area contributed by atoms with Crippen LogP contribution in [-0.4, -0.2) is 87.5 Å². The van der Waals surface area contributed by atoms with Crippen LogP contribution in [-0.2, 0) is 40.6 Å². The van der Waals surface area contributed by atoms with Gasteiger partial charge in [-0.05, 0) is 25.0 Å². The Morgan fingerprint density at radius 2 is 1.92 bits per heavy atom. The molecule has 3 aliphatic rings. The van der Waals surface area contributed by atoms with Crippen molar-refractivity contribution in [2.45, 2.75) is 42.1 Å². The fourth-order valence-electron chi connectivity index (χ4n) is 4.05. The quantitative estimate of drug-likeness (QED) is 0.351. The van der Waals surface area contributed by atoms with E-state index in [0.717, 1.165) is 4.88 Å². The number of thiazole rings is 1. The Morgan fingerprint density at radius 3 is 2.57 bits per heavy atom. The molecule has 2 aliphatic heterocycles. The van der Waals surface area contributed by atoms with Crippen LogP contribution in [0.2, 0.25) is 0 Å². The molecule has 1 N–H and O–H groups in total. The second kappa shape index (κ2) is 10.8. The molecule has 1 aromatic carbocycles. The minimum Gasteiger partial charge on any atom is -0.389 e. The molecular weight excluding hydrogens is 540 g/mol. The number of carbonyl (C=O) groups excluding carboxylic acids is 1. The van der Waals surface area contributed by atoms with E-state index in [2.05, 4.69) is 15.5 Å². The van der Waals surface area contributed by atoms with E-state index in [1.54, 1.807) is 18.3 Å². The summed E-state index contributed by atoms with van der Waals surface area (Å²) in [6, 6.07) is 6.09. The Kier molecular flexibility index (Phi) is 7.63. The van der Waals surface area contributed by atoms with E-state index >= 15 is 0 Å². The fourth-order valence-corrected chi connectivity index (χ4v) is 7.83. The van der Waals surface area contributed by atoms with Gasteiger partial charge in [0.15, 0.2) is 36.6 Å². The number of amides is 1. The highest BCUT2D eigenvalue weighted by molar-refractivity contribution is 7.92. The third kappa shape index (κ3) is 6.55. The van der Waals surface area contributed by atoms with Gasteiger partial charge in [0, 0.05) is 42.7 Å². The van der Waals surface area contributed by atoms with Crippen LogP contribution in [0.15, 0.2) is 40.5 Å². The van der Waals surface area contributed by atoms with E-state index in [1.807, 2.05) is 4.90 Å². The summed E-state index contributed by atoms with van der Waals surface area (Å²) >= 11 is 1.30. The van der Waals surface area contributed by atoms with Crippen LogP contribution in [0.25, 0.3) is 0 Å². The molecule has 0 radical (unpaired) electrons. The zero-order valence-corrected chi connectivity index (χ0v) is 22.5. The summed E-state index contributed by atoms with van der Waals surface area (Å²) in [5.41, 5.74) is 0.415. The third-order valence-electron chi connectivity index (χ3n) is 6.41. The summed E-state index contributed by atoms with van der Waals surface area (Å²) < 4.78 is 53.7. The summed E-state index contributed by atoms with van der Waals surface area (Å²) in [5.74, 6) is -0.258.